The number of carbonyl (C=O) groups is 1. The zero-order valence-corrected chi connectivity index (χ0v) is 19.9. The minimum atomic E-state index is 0.157. The van der Waals surface area contributed by atoms with E-state index in [0.29, 0.717) is 36.4 Å². The highest BCUT2D eigenvalue weighted by molar-refractivity contribution is 7.99. The number of amides is 1. The Hall–Kier alpha value is -2.51. The quantitative estimate of drug-likeness (QED) is 0.352. The van der Waals surface area contributed by atoms with E-state index < -0.39 is 0 Å². The maximum absolute atomic E-state index is 13.2. The Labute approximate surface area is 197 Å². The number of hydrogen-bond acceptors (Lipinski definition) is 6. The van der Waals surface area contributed by atoms with E-state index in [9.17, 15) is 4.79 Å². The molecule has 5 nitrogen and oxygen atoms in total. The average molecular weight is 469 g/mol. The summed E-state index contributed by atoms with van der Waals surface area (Å²) in [4.78, 5) is 20.8. The van der Waals surface area contributed by atoms with Crippen molar-refractivity contribution >= 4 is 29.0 Å². The second-order valence-electron chi connectivity index (χ2n) is 7.77. The summed E-state index contributed by atoms with van der Waals surface area (Å²) in [6, 6.07) is 16.1. The van der Waals surface area contributed by atoms with E-state index in [1.54, 1.807) is 24.6 Å². The maximum atomic E-state index is 13.2. The largest absolute Gasteiger partial charge is 0.493 e. The monoisotopic (exact) mass is 468 g/mol. The molecule has 1 aliphatic carbocycles. The predicted octanol–water partition coefficient (Wildman–Crippen LogP) is 5.79. The molecule has 0 aliphatic heterocycles. The number of aromatic nitrogens is 1. The molecule has 7 heteroatoms. The van der Waals surface area contributed by atoms with Crippen LogP contribution in [0.2, 0.25) is 0 Å². The first-order chi connectivity index (χ1) is 15.7. The molecule has 0 spiro atoms. The summed E-state index contributed by atoms with van der Waals surface area (Å²) in [5.41, 5.74) is 1.05. The van der Waals surface area contributed by atoms with Crippen LogP contribution in [0.5, 0.6) is 11.5 Å². The van der Waals surface area contributed by atoms with Crippen molar-refractivity contribution in [1.82, 2.24) is 9.88 Å². The highest BCUT2D eigenvalue weighted by Crippen LogP contribution is 2.32. The molecule has 2 heterocycles. The summed E-state index contributed by atoms with van der Waals surface area (Å²) in [5.74, 6) is 1.96. The number of hydrogen-bond donors (Lipinski definition) is 0. The molecule has 168 valence electrons. The molecule has 3 aromatic rings. The van der Waals surface area contributed by atoms with Crippen molar-refractivity contribution in [2.75, 3.05) is 12.9 Å². The van der Waals surface area contributed by atoms with Gasteiger partial charge >= 0.3 is 0 Å². The number of methoxy groups -OCH3 is 1. The van der Waals surface area contributed by atoms with Crippen LogP contribution >= 0.6 is 23.1 Å². The van der Waals surface area contributed by atoms with Crippen molar-refractivity contribution in [3.8, 4) is 11.5 Å². The van der Waals surface area contributed by atoms with Crippen LogP contribution in [0.3, 0.4) is 0 Å². The van der Waals surface area contributed by atoms with E-state index in [2.05, 4.69) is 11.1 Å². The number of thioether (sulfide) groups is 1. The molecular formula is C25H28N2O3S2. The second kappa shape index (κ2) is 11.4. The van der Waals surface area contributed by atoms with Crippen LogP contribution in [-0.4, -0.2) is 34.7 Å². The van der Waals surface area contributed by atoms with Crippen molar-refractivity contribution in [3.05, 3.63) is 70.5 Å². The second-order valence-corrected chi connectivity index (χ2v) is 9.80. The number of nitrogens with zero attached hydrogens (tertiary/aromatic N) is 2. The van der Waals surface area contributed by atoms with Gasteiger partial charge in [-0.05, 0) is 54.1 Å². The van der Waals surface area contributed by atoms with Crippen molar-refractivity contribution in [1.29, 1.82) is 0 Å². The summed E-state index contributed by atoms with van der Waals surface area (Å²) < 4.78 is 11.6. The topological polar surface area (TPSA) is 51.7 Å². The van der Waals surface area contributed by atoms with Gasteiger partial charge in [0.25, 0.3) is 0 Å². The Morgan fingerprint density at radius 2 is 2.03 bits per heavy atom. The van der Waals surface area contributed by atoms with Crippen LogP contribution in [-0.2, 0) is 17.9 Å². The molecule has 1 saturated carbocycles. The lowest BCUT2D eigenvalue weighted by atomic mass is 10.1. The summed E-state index contributed by atoms with van der Waals surface area (Å²) >= 11 is 3.16. The molecule has 0 unspecified atom stereocenters. The lowest BCUT2D eigenvalue weighted by Gasteiger charge is -2.29. The summed E-state index contributed by atoms with van der Waals surface area (Å²) in [5, 5.41) is 2.92. The third-order valence-electron chi connectivity index (χ3n) is 5.60. The SMILES string of the molecule is COc1ccc(CN(C(=O)CSc2ccccn2)C2CCCC2)cc1OCc1cccs1. The summed E-state index contributed by atoms with van der Waals surface area (Å²) in [7, 11) is 1.65. The van der Waals surface area contributed by atoms with Crippen LogP contribution in [0.1, 0.15) is 36.1 Å². The first-order valence-electron chi connectivity index (χ1n) is 10.9. The number of rotatable bonds is 10. The fourth-order valence-electron chi connectivity index (χ4n) is 3.96. The Kier molecular flexibility index (Phi) is 8.07. The highest BCUT2D eigenvalue weighted by Gasteiger charge is 2.27. The smallest absolute Gasteiger partial charge is 0.233 e. The third kappa shape index (κ3) is 6.04. The first-order valence-corrected chi connectivity index (χ1v) is 12.7. The van der Waals surface area contributed by atoms with Gasteiger partial charge in [0.2, 0.25) is 5.91 Å². The van der Waals surface area contributed by atoms with Crippen molar-refractivity contribution in [2.24, 2.45) is 0 Å². The van der Waals surface area contributed by atoms with Gasteiger partial charge in [0.15, 0.2) is 11.5 Å². The standard InChI is InChI=1S/C25H28N2O3S2/c1-29-22-12-11-19(15-23(22)30-17-21-9-6-14-31-21)16-27(20-7-2-3-8-20)25(28)18-32-24-10-4-5-13-26-24/h4-6,9-15,20H,2-3,7-8,16-18H2,1H3. The van der Waals surface area contributed by atoms with E-state index in [-0.39, 0.29) is 5.91 Å². The Morgan fingerprint density at radius 3 is 2.75 bits per heavy atom. The van der Waals surface area contributed by atoms with Crippen LogP contribution in [0, 0.1) is 0 Å². The third-order valence-corrected chi connectivity index (χ3v) is 7.38. The fraction of sp³-hybridized carbons (Fsp3) is 0.360. The lowest BCUT2D eigenvalue weighted by molar-refractivity contribution is -0.131. The predicted molar refractivity (Wildman–Crippen MR) is 129 cm³/mol. The molecule has 4 rings (SSSR count). The zero-order chi connectivity index (χ0) is 22.2. The Bertz CT molecular complexity index is 990. The van der Waals surface area contributed by atoms with Gasteiger partial charge in [-0.2, -0.15) is 0 Å². The van der Waals surface area contributed by atoms with Crippen molar-refractivity contribution in [3.63, 3.8) is 0 Å². The number of pyridine rings is 1. The van der Waals surface area contributed by atoms with Crippen LogP contribution in [0.4, 0.5) is 0 Å². The maximum Gasteiger partial charge on any atom is 0.233 e. The summed E-state index contributed by atoms with van der Waals surface area (Å²) in [6.07, 6.45) is 6.26. The first kappa shape index (κ1) is 22.7. The minimum Gasteiger partial charge on any atom is -0.493 e. The molecule has 1 aromatic carbocycles. The van der Waals surface area contributed by atoms with Gasteiger partial charge in [-0.15, -0.1) is 11.3 Å². The Balaban J connectivity index is 1.47. The molecular weight excluding hydrogens is 440 g/mol. The number of ether oxygens (including phenoxy) is 2. The highest BCUT2D eigenvalue weighted by atomic mass is 32.2. The zero-order valence-electron chi connectivity index (χ0n) is 18.2. The molecule has 0 N–H and O–H groups in total. The van der Waals surface area contributed by atoms with Gasteiger partial charge in [-0.3, -0.25) is 4.79 Å². The van der Waals surface area contributed by atoms with Crippen molar-refractivity contribution < 1.29 is 14.3 Å². The van der Waals surface area contributed by atoms with E-state index >= 15 is 0 Å². The van der Waals surface area contributed by atoms with Crippen molar-refractivity contribution in [2.45, 2.75) is 49.9 Å². The molecule has 0 radical (unpaired) electrons. The molecule has 2 aromatic heterocycles. The van der Waals surface area contributed by atoms with Crippen LogP contribution in [0.25, 0.3) is 0 Å². The summed E-state index contributed by atoms with van der Waals surface area (Å²) in [6.45, 7) is 1.08. The molecule has 1 fully saturated rings. The average Bonchev–Trinajstić information content (AvgIpc) is 3.55. The fourth-order valence-corrected chi connectivity index (χ4v) is 5.32. The minimum absolute atomic E-state index is 0.157. The number of benzene rings is 1. The van der Waals surface area contributed by atoms with Gasteiger partial charge in [0.1, 0.15) is 6.61 Å². The van der Waals surface area contributed by atoms with Gasteiger partial charge in [-0.25, -0.2) is 4.98 Å². The molecule has 32 heavy (non-hydrogen) atoms. The van der Waals surface area contributed by atoms with Gasteiger partial charge in [0, 0.05) is 23.7 Å². The normalized spacial score (nSPS) is 13.8. The van der Waals surface area contributed by atoms with E-state index in [4.69, 9.17) is 9.47 Å². The lowest BCUT2D eigenvalue weighted by Crippen LogP contribution is -2.39. The molecule has 0 saturated heterocycles. The molecule has 0 bridgehead atoms. The number of thiophene rings is 1. The van der Waals surface area contributed by atoms with Crippen LogP contribution < -0.4 is 9.47 Å². The number of carbonyl (C=O) groups excluding carboxylic acids is 1. The Morgan fingerprint density at radius 1 is 1.16 bits per heavy atom. The van der Waals surface area contributed by atoms with Gasteiger partial charge in [-0.1, -0.05) is 42.8 Å². The molecule has 1 aliphatic rings. The van der Waals surface area contributed by atoms with E-state index in [1.807, 2.05) is 52.7 Å². The van der Waals surface area contributed by atoms with Gasteiger partial charge in [0.05, 0.1) is 17.9 Å². The van der Waals surface area contributed by atoms with Crippen LogP contribution in [0.15, 0.2) is 65.1 Å². The van der Waals surface area contributed by atoms with E-state index in [0.717, 1.165) is 28.3 Å². The molecule has 1 amide bonds. The van der Waals surface area contributed by atoms with E-state index in [1.165, 1.54) is 24.6 Å². The van der Waals surface area contributed by atoms with Gasteiger partial charge < -0.3 is 14.4 Å². The molecule has 0 atom stereocenters.